The Morgan fingerprint density at radius 2 is 1.70 bits per heavy atom. The van der Waals surface area contributed by atoms with Crippen LogP contribution in [0.1, 0.15) is 6.92 Å². The zero-order valence-corrected chi connectivity index (χ0v) is 12.4. The molecule has 0 aromatic heterocycles. The van der Waals surface area contributed by atoms with Crippen LogP contribution in [0.15, 0.2) is 30.3 Å². The third-order valence-electron chi connectivity index (χ3n) is 3.34. The standard InChI is InChI=1S/C15H24N2O3/c1-15(11-18,12-19)10-16(2)9-14(20)17(3)13-7-5-4-6-8-13/h4-8,18-19H,9-12H2,1-3H3. The quantitative estimate of drug-likeness (QED) is 0.766. The molecule has 1 amide bonds. The molecule has 0 radical (unpaired) electrons. The molecule has 5 nitrogen and oxygen atoms in total. The summed E-state index contributed by atoms with van der Waals surface area (Å²) in [6.45, 7) is 2.25. The van der Waals surface area contributed by atoms with Crippen LogP contribution in [-0.4, -0.2) is 61.4 Å². The van der Waals surface area contributed by atoms with Gasteiger partial charge in [-0.3, -0.25) is 9.69 Å². The van der Waals surface area contributed by atoms with Crippen LogP contribution < -0.4 is 4.90 Å². The number of carbonyl (C=O) groups excluding carboxylic acids is 1. The number of nitrogens with zero attached hydrogens (tertiary/aromatic N) is 2. The number of hydrogen-bond acceptors (Lipinski definition) is 4. The van der Waals surface area contributed by atoms with Crippen LogP contribution >= 0.6 is 0 Å². The Morgan fingerprint density at radius 1 is 1.15 bits per heavy atom. The number of rotatable bonds is 7. The van der Waals surface area contributed by atoms with Crippen molar-refractivity contribution in [1.29, 1.82) is 0 Å². The molecule has 0 aliphatic rings. The van der Waals surface area contributed by atoms with E-state index in [0.717, 1.165) is 5.69 Å². The van der Waals surface area contributed by atoms with Gasteiger partial charge < -0.3 is 15.1 Å². The monoisotopic (exact) mass is 280 g/mol. The Kier molecular flexibility index (Phi) is 6.13. The Morgan fingerprint density at radius 3 is 2.20 bits per heavy atom. The summed E-state index contributed by atoms with van der Waals surface area (Å²) in [5.41, 5.74) is 0.248. The fourth-order valence-corrected chi connectivity index (χ4v) is 1.99. The summed E-state index contributed by atoms with van der Waals surface area (Å²) in [5.74, 6) is -0.0306. The molecule has 0 spiro atoms. The van der Waals surface area contributed by atoms with Gasteiger partial charge in [-0.25, -0.2) is 0 Å². The van der Waals surface area contributed by atoms with E-state index < -0.39 is 5.41 Å². The van der Waals surface area contributed by atoms with Gasteiger partial charge in [0.2, 0.25) is 5.91 Å². The molecular weight excluding hydrogens is 256 g/mol. The first-order valence-corrected chi connectivity index (χ1v) is 6.64. The van der Waals surface area contributed by atoms with Crippen molar-refractivity contribution in [3.05, 3.63) is 30.3 Å². The molecule has 0 unspecified atom stereocenters. The van der Waals surface area contributed by atoms with E-state index in [2.05, 4.69) is 0 Å². The third kappa shape index (κ3) is 4.59. The summed E-state index contributed by atoms with van der Waals surface area (Å²) in [6.07, 6.45) is 0. The molecule has 0 saturated heterocycles. The van der Waals surface area contributed by atoms with Gasteiger partial charge in [-0.2, -0.15) is 0 Å². The average molecular weight is 280 g/mol. The lowest BCUT2D eigenvalue weighted by atomic mass is 9.92. The average Bonchev–Trinajstić information content (AvgIpc) is 2.46. The predicted molar refractivity (Wildman–Crippen MR) is 79.6 cm³/mol. The molecule has 1 aromatic rings. The number of aliphatic hydroxyl groups excluding tert-OH is 2. The second-order valence-corrected chi connectivity index (χ2v) is 5.59. The smallest absolute Gasteiger partial charge is 0.240 e. The first-order valence-electron chi connectivity index (χ1n) is 6.64. The van der Waals surface area contributed by atoms with Crippen molar-refractivity contribution in [2.45, 2.75) is 6.92 Å². The van der Waals surface area contributed by atoms with E-state index in [-0.39, 0.29) is 25.7 Å². The SMILES string of the molecule is CN(CC(=O)N(C)c1ccccc1)CC(C)(CO)CO. The second-order valence-electron chi connectivity index (χ2n) is 5.59. The summed E-state index contributed by atoms with van der Waals surface area (Å²) in [5, 5.41) is 18.5. The van der Waals surface area contributed by atoms with Crippen LogP contribution in [0.2, 0.25) is 0 Å². The van der Waals surface area contributed by atoms with Crippen LogP contribution in [0, 0.1) is 5.41 Å². The van der Waals surface area contributed by atoms with Gasteiger partial charge in [0.1, 0.15) is 0 Å². The topological polar surface area (TPSA) is 64.0 Å². The number of aliphatic hydroxyl groups is 2. The van der Waals surface area contributed by atoms with E-state index >= 15 is 0 Å². The minimum Gasteiger partial charge on any atom is -0.396 e. The van der Waals surface area contributed by atoms with Crippen molar-refractivity contribution in [2.75, 3.05) is 45.3 Å². The molecule has 5 heteroatoms. The Labute approximate surface area is 120 Å². The predicted octanol–water partition coefficient (Wildman–Crippen LogP) is 0.572. The maximum atomic E-state index is 12.2. The number of carbonyl (C=O) groups is 1. The summed E-state index contributed by atoms with van der Waals surface area (Å²) >= 11 is 0. The normalized spacial score (nSPS) is 11.7. The molecule has 0 saturated carbocycles. The van der Waals surface area contributed by atoms with Crippen molar-refractivity contribution < 1.29 is 15.0 Å². The summed E-state index contributed by atoms with van der Waals surface area (Å²) in [6, 6.07) is 9.43. The van der Waals surface area contributed by atoms with Gasteiger partial charge in [-0.05, 0) is 19.2 Å². The van der Waals surface area contributed by atoms with Crippen LogP contribution in [0.5, 0.6) is 0 Å². The number of hydrogen-bond donors (Lipinski definition) is 2. The molecule has 1 rings (SSSR count). The van der Waals surface area contributed by atoms with Crippen molar-refractivity contribution in [3.8, 4) is 0 Å². The van der Waals surface area contributed by atoms with Crippen molar-refractivity contribution >= 4 is 11.6 Å². The number of likely N-dealkylation sites (N-methyl/N-ethyl adjacent to an activating group) is 2. The number of amides is 1. The zero-order valence-electron chi connectivity index (χ0n) is 12.4. The van der Waals surface area contributed by atoms with Crippen molar-refractivity contribution in [3.63, 3.8) is 0 Å². The fourth-order valence-electron chi connectivity index (χ4n) is 1.99. The first kappa shape index (κ1) is 16.6. The molecule has 20 heavy (non-hydrogen) atoms. The minimum absolute atomic E-state index is 0.0306. The van der Waals surface area contributed by atoms with Gasteiger partial charge in [-0.15, -0.1) is 0 Å². The Bertz CT molecular complexity index is 418. The summed E-state index contributed by atoms with van der Waals surface area (Å²) in [7, 11) is 3.54. The molecule has 0 aliphatic heterocycles. The van der Waals surface area contributed by atoms with E-state index in [1.54, 1.807) is 25.9 Å². The third-order valence-corrected chi connectivity index (χ3v) is 3.34. The Hall–Kier alpha value is -1.43. The summed E-state index contributed by atoms with van der Waals surface area (Å²) < 4.78 is 0. The van der Waals surface area contributed by atoms with Crippen molar-refractivity contribution in [1.82, 2.24) is 4.90 Å². The fraction of sp³-hybridized carbons (Fsp3) is 0.533. The van der Waals surface area contributed by atoms with E-state index in [4.69, 9.17) is 0 Å². The molecule has 0 fully saturated rings. The van der Waals surface area contributed by atoms with Gasteiger partial charge in [0.15, 0.2) is 0 Å². The van der Waals surface area contributed by atoms with Gasteiger partial charge in [-0.1, -0.05) is 25.1 Å². The molecule has 112 valence electrons. The van der Waals surface area contributed by atoms with E-state index in [1.165, 1.54) is 0 Å². The van der Waals surface area contributed by atoms with Gasteiger partial charge in [0.25, 0.3) is 0 Å². The highest BCUT2D eigenvalue weighted by Gasteiger charge is 2.25. The van der Waals surface area contributed by atoms with Gasteiger partial charge in [0.05, 0.1) is 19.8 Å². The lowest BCUT2D eigenvalue weighted by Gasteiger charge is -2.30. The highest BCUT2D eigenvalue weighted by atomic mass is 16.3. The lowest BCUT2D eigenvalue weighted by Crippen LogP contribution is -2.43. The van der Waals surface area contributed by atoms with E-state index in [0.29, 0.717) is 6.54 Å². The number of benzene rings is 1. The highest BCUT2D eigenvalue weighted by molar-refractivity contribution is 5.94. The largest absolute Gasteiger partial charge is 0.396 e. The van der Waals surface area contributed by atoms with E-state index in [9.17, 15) is 15.0 Å². The molecule has 0 bridgehead atoms. The van der Waals surface area contributed by atoms with Crippen LogP contribution in [-0.2, 0) is 4.79 Å². The maximum absolute atomic E-state index is 12.2. The van der Waals surface area contributed by atoms with Crippen LogP contribution in [0.4, 0.5) is 5.69 Å². The summed E-state index contributed by atoms with van der Waals surface area (Å²) in [4.78, 5) is 15.6. The number of para-hydroxylation sites is 1. The van der Waals surface area contributed by atoms with Gasteiger partial charge >= 0.3 is 0 Å². The minimum atomic E-state index is -0.597. The molecule has 0 heterocycles. The molecule has 0 aliphatic carbocycles. The highest BCUT2D eigenvalue weighted by Crippen LogP contribution is 2.16. The number of anilines is 1. The molecule has 0 atom stereocenters. The first-order chi connectivity index (χ1) is 9.41. The lowest BCUT2D eigenvalue weighted by molar-refractivity contribution is -0.119. The molecule has 2 N–H and O–H groups in total. The van der Waals surface area contributed by atoms with E-state index in [1.807, 2.05) is 35.2 Å². The second kappa shape index (κ2) is 7.38. The van der Waals surface area contributed by atoms with Crippen LogP contribution in [0.25, 0.3) is 0 Å². The molecular formula is C15H24N2O3. The Balaban J connectivity index is 2.58. The molecule has 1 aromatic carbocycles. The maximum Gasteiger partial charge on any atom is 0.240 e. The van der Waals surface area contributed by atoms with Crippen LogP contribution in [0.3, 0.4) is 0 Å². The van der Waals surface area contributed by atoms with Crippen molar-refractivity contribution in [2.24, 2.45) is 5.41 Å². The van der Waals surface area contributed by atoms with Gasteiger partial charge in [0, 0.05) is 24.7 Å². The zero-order chi connectivity index (χ0) is 15.2.